The van der Waals surface area contributed by atoms with E-state index in [0.29, 0.717) is 62.6 Å². The third kappa shape index (κ3) is 8.42. The highest BCUT2D eigenvalue weighted by Crippen LogP contribution is 2.51. The minimum absolute atomic E-state index is 0.0123. The van der Waals surface area contributed by atoms with Gasteiger partial charge in [0.2, 0.25) is 17.7 Å². The number of halogens is 4. The molecule has 4 amide bonds. The molecular weight excluding hydrogens is 831 g/mol. The zero-order chi connectivity index (χ0) is 44.1. The summed E-state index contributed by atoms with van der Waals surface area (Å²) in [6.07, 6.45) is 0.323. The van der Waals surface area contributed by atoms with E-state index in [9.17, 15) is 42.0 Å². The average molecular weight is 876 g/mol. The van der Waals surface area contributed by atoms with Crippen LogP contribution in [0.25, 0.3) is 0 Å². The number of hydrogen-bond donors (Lipinski definition) is 3. The summed E-state index contributed by atoms with van der Waals surface area (Å²) in [7, 11) is 0. The predicted molar refractivity (Wildman–Crippen MR) is 224 cm³/mol. The van der Waals surface area contributed by atoms with Crippen molar-refractivity contribution in [3.8, 4) is 11.8 Å². The molecular formula is C43H45F4N9O5S. The van der Waals surface area contributed by atoms with Crippen molar-refractivity contribution in [2.24, 2.45) is 0 Å². The lowest BCUT2D eigenvalue weighted by Gasteiger charge is -2.44. The summed E-state index contributed by atoms with van der Waals surface area (Å²) in [6, 6.07) is 11.3. The third-order valence-electron chi connectivity index (χ3n) is 12.4. The number of nitrogens with one attached hydrogen (secondary N) is 3. The van der Waals surface area contributed by atoms with E-state index in [2.05, 4.69) is 30.7 Å². The number of carbonyl (C=O) groups is 4. The van der Waals surface area contributed by atoms with Crippen LogP contribution in [0, 0.1) is 17.1 Å². The first-order valence-electron chi connectivity index (χ1n) is 20.7. The van der Waals surface area contributed by atoms with Crippen molar-refractivity contribution in [2.75, 3.05) is 53.2 Å². The quantitative estimate of drug-likeness (QED) is 0.116. The largest absolute Gasteiger partial charge is 0.492 e. The van der Waals surface area contributed by atoms with Crippen molar-refractivity contribution in [3.63, 3.8) is 0 Å². The maximum atomic E-state index is 14.8. The molecule has 8 rings (SSSR count). The van der Waals surface area contributed by atoms with Gasteiger partial charge in [-0.15, -0.1) is 0 Å². The number of benzene rings is 2. The summed E-state index contributed by atoms with van der Waals surface area (Å²) >= 11 is 5.83. The lowest BCUT2D eigenvalue weighted by Crippen LogP contribution is -2.58. The summed E-state index contributed by atoms with van der Waals surface area (Å²) < 4.78 is 62.8. The second kappa shape index (κ2) is 16.9. The van der Waals surface area contributed by atoms with Gasteiger partial charge in [0.1, 0.15) is 35.8 Å². The molecule has 2 saturated carbocycles. The Labute approximate surface area is 360 Å². The van der Waals surface area contributed by atoms with Crippen LogP contribution in [0.3, 0.4) is 0 Å². The van der Waals surface area contributed by atoms with Crippen LogP contribution in [0.4, 0.5) is 40.3 Å². The van der Waals surface area contributed by atoms with Gasteiger partial charge in [-0.3, -0.25) is 39.2 Å². The van der Waals surface area contributed by atoms with Crippen molar-refractivity contribution in [1.29, 1.82) is 5.26 Å². The number of pyridine rings is 1. The van der Waals surface area contributed by atoms with E-state index in [1.807, 2.05) is 32.0 Å². The van der Waals surface area contributed by atoms with E-state index < -0.39 is 46.6 Å². The summed E-state index contributed by atoms with van der Waals surface area (Å²) in [4.78, 5) is 61.9. The fourth-order valence-corrected chi connectivity index (χ4v) is 9.42. The Hall–Kier alpha value is -5.71. The molecule has 14 nitrogen and oxygen atoms in total. The first-order valence-corrected chi connectivity index (χ1v) is 21.1. The van der Waals surface area contributed by atoms with Crippen LogP contribution >= 0.6 is 12.2 Å². The molecule has 1 spiro atoms. The van der Waals surface area contributed by atoms with Crippen LogP contribution in [-0.4, -0.2) is 100.0 Å². The lowest BCUT2D eigenvalue weighted by atomic mass is 9.75. The molecule has 5 aliphatic rings. The van der Waals surface area contributed by atoms with Crippen molar-refractivity contribution in [3.05, 3.63) is 71.3 Å². The minimum Gasteiger partial charge on any atom is -0.492 e. The minimum atomic E-state index is -4.86. The molecule has 0 bridgehead atoms. The Morgan fingerprint density at radius 3 is 2.44 bits per heavy atom. The number of aromatic nitrogens is 1. The standard InChI is InChI=1S/C43H45F4N9O5S/c1-24-21-53(22-25(2)54(24)23-38(58)51-34-16-27(6-8-32(34)44)50-33-9-11-37(57)52-39(33)59)14-15-61-36-10-7-28(17-30(36)26-4-5-26)56-41(62)55(40(60)42(56)12-3-13-42)29-18-31(43(45,46)47)35(19-48)49-20-29/h6-8,10,16-18,20,24-26,33,50H,3-5,9,11-15,21-23H2,1-2H3,(H,51,58)(H,52,57,59)/t24-,25+,33?. The number of alkyl halides is 3. The molecule has 4 heterocycles. The maximum absolute atomic E-state index is 14.8. The Kier molecular flexibility index (Phi) is 11.7. The van der Waals surface area contributed by atoms with Gasteiger partial charge in [0.05, 0.1) is 29.7 Å². The number of nitrogens with zero attached hydrogens (tertiary/aromatic N) is 6. The number of anilines is 4. The number of ether oxygens (including phenoxy) is 1. The van der Waals surface area contributed by atoms with Crippen LogP contribution in [-0.2, 0) is 25.4 Å². The van der Waals surface area contributed by atoms with Gasteiger partial charge in [0, 0.05) is 49.5 Å². The molecule has 1 unspecified atom stereocenters. The van der Waals surface area contributed by atoms with Crippen molar-refractivity contribution >= 4 is 63.7 Å². The van der Waals surface area contributed by atoms with Crippen LogP contribution < -0.4 is 30.5 Å². The van der Waals surface area contributed by atoms with E-state index in [1.165, 1.54) is 24.3 Å². The van der Waals surface area contributed by atoms with Crippen molar-refractivity contribution in [1.82, 2.24) is 20.1 Å². The van der Waals surface area contributed by atoms with Crippen LogP contribution in [0.15, 0.2) is 48.7 Å². The molecule has 3 N–H and O–H groups in total. The Bertz CT molecular complexity index is 2360. The molecule has 5 fully saturated rings. The van der Waals surface area contributed by atoms with E-state index in [1.54, 1.807) is 4.90 Å². The molecule has 62 heavy (non-hydrogen) atoms. The van der Waals surface area contributed by atoms with E-state index in [0.717, 1.165) is 42.0 Å². The van der Waals surface area contributed by atoms with Gasteiger partial charge in [-0.25, -0.2) is 9.37 Å². The summed E-state index contributed by atoms with van der Waals surface area (Å²) in [5.41, 5.74) is -1.17. The zero-order valence-electron chi connectivity index (χ0n) is 34.1. The summed E-state index contributed by atoms with van der Waals surface area (Å²) in [5, 5.41) is 17.3. The van der Waals surface area contributed by atoms with Gasteiger partial charge in [-0.2, -0.15) is 18.4 Å². The highest BCUT2D eigenvalue weighted by Gasteiger charge is 2.60. The third-order valence-corrected chi connectivity index (χ3v) is 12.8. The monoisotopic (exact) mass is 875 g/mol. The first kappa shape index (κ1) is 43.0. The van der Waals surface area contributed by atoms with E-state index >= 15 is 0 Å². The molecule has 0 radical (unpaired) electrons. The summed E-state index contributed by atoms with van der Waals surface area (Å²) in [6.45, 7) is 6.41. The number of imide groups is 1. The molecule has 2 aromatic carbocycles. The number of nitriles is 1. The van der Waals surface area contributed by atoms with E-state index in [-0.39, 0.29) is 59.3 Å². The second-order valence-electron chi connectivity index (χ2n) is 16.7. The number of carbonyl (C=O) groups excluding carboxylic acids is 4. The Morgan fingerprint density at radius 2 is 1.79 bits per heavy atom. The van der Waals surface area contributed by atoms with Crippen molar-refractivity contribution in [2.45, 2.75) is 94.6 Å². The van der Waals surface area contributed by atoms with Gasteiger partial charge in [-0.1, -0.05) is 0 Å². The molecule has 1 aromatic heterocycles. The number of thiocarbonyl (C=S) groups is 1. The summed E-state index contributed by atoms with van der Waals surface area (Å²) in [5.74, 6) is -1.28. The van der Waals surface area contributed by atoms with Gasteiger partial charge >= 0.3 is 6.18 Å². The molecule has 19 heteroatoms. The molecule has 3 aromatic rings. The fraction of sp³-hybridized carbons (Fsp3) is 0.465. The predicted octanol–water partition coefficient (Wildman–Crippen LogP) is 5.68. The topological polar surface area (TPSA) is 163 Å². The van der Waals surface area contributed by atoms with Gasteiger partial charge in [0.15, 0.2) is 10.8 Å². The number of hydrogen-bond acceptors (Lipinski definition) is 11. The van der Waals surface area contributed by atoms with Crippen LogP contribution in [0.1, 0.15) is 81.5 Å². The highest BCUT2D eigenvalue weighted by atomic mass is 32.1. The highest BCUT2D eigenvalue weighted by molar-refractivity contribution is 7.81. The maximum Gasteiger partial charge on any atom is 0.419 e. The molecule has 2 aliphatic carbocycles. The SMILES string of the molecule is C[C@@H]1CN(CCOc2ccc(N3C(=S)N(c4cnc(C#N)c(C(F)(F)F)c4)C(=O)C34CCC4)cc2C2CC2)C[C@H](C)N1CC(=O)Nc1cc(NC2CCC(=O)NC2=O)ccc1F. The molecule has 3 aliphatic heterocycles. The average Bonchev–Trinajstić information content (AvgIpc) is 4.02. The first-order chi connectivity index (χ1) is 29.6. The molecule has 3 saturated heterocycles. The molecule has 3 atom stereocenters. The van der Waals surface area contributed by atoms with Crippen LogP contribution in [0.2, 0.25) is 0 Å². The number of piperidine rings is 1. The normalized spacial score (nSPS) is 23.0. The van der Waals surface area contributed by atoms with Gasteiger partial charge in [0.25, 0.3) is 5.91 Å². The second-order valence-corrected chi connectivity index (χ2v) is 17.1. The number of rotatable bonds is 12. The zero-order valence-corrected chi connectivity index (χ0v) is 34.9. The van der Waals surface area contributed by atoms with Gasteiger partial charge < -0.3 is 20.3 Å². The fourth-order valence-electron chi connectivity index (χ4n) is 8.95. The lowest BCUT2D eigenvalue weighted by molar-refractivity contribution is -0.138. The van der Waals surface area contributed by atoms with Crippen molar-refractivity contribution < 1.29 is 41.5 Å². The van der Waals surface area contributed by atoms with E-state index in [4.69, 9.17) is 17.0 Å². The Balaban J connectivity index is 0.882. The van der Waals surface area contributed by atoms with Crippen LogP contribution in [0.5, 0.6) is 5.75 Å². The Morgan fingerprint density at radius 1 is 1.05 bits per heavy atom. The number of piperazine rings is 1. The van der Waals surface area contributed by atoms with Gasteiger partial charge in [-0.05, 0) is 119 Å². The number of amides is 4. The smallest absolute Gasteiger partial charge is 0.419 e. The molecule has 326 valence electrons.